The second kappa shape index (κ2) is 9.22. The highest BCUT2D eigenvalue weighted by atomic mass is 16.5. The molecule has 26 heavy (non-hydrogen) atoms. The molecule has 2 heterocycles. The number of hydrogen-bond acceptors (Lipinski definition) is 4. The number of aliphatic imine (C=N–C) groups is 1. The molecule has 140 valence electrons. The maximum absolute atomic E-state index is 5.70. The average molecular weight is 356 g/mol. The summed E-state index contributed by atoms with van der Waals surface area (Å²) in [6, 6.07) is 8.62. The number of aromatic nitrogens is 3. The van der Waals surface area contributed by atoms with Crippen LogP contribution in [0.2, 0.25) is 0 Å². The number of rotatable bonds is 7. The van der Waals surface area contributed by atoms with Crippen LogP contribution in [0.4, 0.5) is 0 Å². The van der Waals surface area contributed by atoms with E-state index in [1.807, 2.05) is 16.8 Å². The molecule has 3 rings (SSSR count). The van der Waals surface area contributed by atoms with Gasteiger partial charge in [-0.05, 0) is 37.0 Å². The van der Waals surface area contributed by atoms with Crippen molar-refractivity contribution in [3.8, 4) is 5.75 Å². The Hall–Kier alpha value is -2.57. The summed E-state index contributed by atoms with van der Waals surface area (Å²) in [6.07, 6.45) is 5.55. The summed E-state index contributed by atoms with van der Waals surface area (Å²) in [7, 11) is 1.80. The highest BCUT2D eigenvalue weighted by molar-refractivity contribution is 5.79. The summed E-state index contributed by atoms with van der Waals surface area (Å²) < 4.78 is 7.67. The van der Waals surface area contributed by atoms with Gasteiger partial charge in [0, 0.05) is 26.1 Å². The monoisotopic (exact) mass is 356 g/mol. The quantitative estimate of drug-likeness (QED) is 0.584. The first-order chi connectivity index (χ1) is 12.8. The Balaban J connectivity index is 1.45. The molecule has 0 fully saturated rings. The molecule has 0 radical (unpaired) electrons. The van der Waals surface area contributed by atoms with E-state index in [-0.39, 0.29) is 0 Å². The fourth-order valence-corrected chi connectivity index (χ4v) is 3.08. The molecule has 1 aliphatic rings. The predicted octanol–water partition coefficient (Wildman–Crippen LogP) is 1.79. The minimum absolute atomic E-state index is 0.321. The van der Waals surface area contributed by atoms with Crippen molar-refractivity contribution in [3.63, 3.8) is 0 Å². The molecule has 0 bridgehead atoms. The Morgan fingerprint density at radius 2 is 2.35 bits per heavy atom. The molecule has 0 saturated heterocycles. The molecule has 0 aliphatic carbocycles. The Morgan fingerprint density at radius 1 is 1.42 bits per heavy atom. The van der Waals surface area contributed by atoms with Gasteiger partial charge in [0.25, 0.3) is 0 Å². The number of nitrogens with one attached hydrogen (secondary N) is 2. The number of nitrogens with zero attached hydrogens (tertiary/aromatic N) is 4. The van der Waals surface area contributed by atoms with Gasteiger partial charge in [0.2, 0.25) is 0 Å². The van der Waals surface area contributed by atoms with Gasteiger partial charge >= 0.3 is 0 Å². The number of guanidine groups is 1. The lowest BCUT2D eigenvalue weighted by atomic mass is 10.1. The molecule has 0 saturated carbocycles. The zero-order valence-corrected chi connectivity index (χ0v) is 15.6. The molecule has 2 aromatic rings. The molecule has 7 heteroatoms. The minimum atomic E-state index is 0.321. The molecule has 0 amide bonds. The first-order valence-electron chi connectivity index (χ1n) is 9.34. The van der Waals surface area contributed by atoms with E-state index >= 15 is 0 Å². The van der Waals surface area contributed by atoms with Crippen LogP contribution in [0.15, 0.2) is 35.6 Å². The van der Waals surface area contributed by atoms with E-state index in [4.69, 9.17) is 4.74 Å². The predicted molar refractivity (Wildman–Crippen MR) is 103 cm³/mol. The highest BCUT2D eigenvalue weighted by Gasteiger charge is 2.20. The Labute approximate surface area is 154 Å². The van der Waals surface area contributed by atoms with Crippen molar-refractivity contribution in [1.29, 1.82) is 0 Å². The van der Waals surface area contributed by atoms with Crippen LogP contribution in [0.5, 0.6) is 5.75 Å². The van der Waals surface area contributed by atoms with Crippen LogP contribution in [-0.4, -0.2) is 47.0 Å². The van der Waals surface area contributed by atoms with E-state index in [0.717, 1.165) is 62.9 Å². The van der Waals surface area contributed by atoms with Gasteiger partial charge in [-0.15, -0.1) is 0 Å². The second-order valence-electron chi connectivity index (χ2n) is 6.48. The van der Waals surface area contributed by atoms with E-state index in [1.54, 1.807) is 13.4 Å². The van der Waals surface area contributed by atoms with Crippen molar-refractivity contribution in [2.45, 2.75) is 45.2 Å². The van der Waals surface area contributed by atoms with Crippen LogP contribution >= 0.6 is 0 Å². The van der Waals surface area contributed by atoms with Gasteiger partial charge in [-0.1, -0.05) is 19.1 Å². The van der Waals surface area contributed by atoms with Crippen LogP contribution in [0.3, 0.4) is 0 Å². The third-order valence-corrected chi connectivity index (χ3v) is 4.45. The largest absolute Gasteiger partial charge is 0.494 e. The SMILES string of the molecule is CCCOc1cccc(CCNC(=NC)NC2CCc3ncnn3C2)c1. The zero-order chi connectivity index (χ0) is 18.2. The second-order valence-corrected chi connectivity index (χ2v) is 6.48. The van der Waals surface area contributed by atoms with Crippen LogP contribution in [0, 0.1) is 0 Å². The topological polar surface area (TPSA) is 76.4 Å². The van der Waals surface area contributed by atoms with Gasteiger partial charge < -0.3 is 15.4 Å². The van der Waals surface area contributed by atoms with Crippen molar-refractivity contribution >= 4 is 5.96 Å². The van der Waals surface area contributed by atoms with E-state index in [1.165, 1.54) is 5.56 Å². The third-order valence-electron chi connectivity index (χ3n) is 4.45. The molecule has 0 spiro atoms. The summed E-state index contributed by atoms with van der Waals surface area (Å²) in [6.45, 7) is 4.51. The van der Waals surface area contributed by atoms with Gasteiger partial charge in [-0.3, -0.25) is 4.99 Å². The van der Waals surface area contributed by atoms with Crippen molar-refractivity contribution < 1.29 is 4.74 Å². The van der Waals surface area contributed by atoms with Crippen LogP contribution in [0.25, 0.3) is 0 Å². The first kappa shape index (κ1) is 18.2. The van der Waals surface area contributed by atoms with Gasteiger partial charge in [0.05, 0.1) is 13.2 Å². The molecular formula is C19H28N6O. The maximum Gasteiger partial charge on any atom is 0.191 e. The number of hydrogen-bond donors (Lipinski definition) is 2. The third kappa shape index (κ3) is 4.97. The van der Waals surface area contributed by atoms with Gasteiger partial charge in [-0.25, -0.2) is 9.67 Å². The van der Waals surface area contributed by atoms with Crippen LogP contribution in [-0.2, 0) is 19.4 Å². The molecular weight excluding hydrogens is 328 g/mol. The van der Waals surface area contributed by atoms with E-state index in [0.29, 0.717) is 6.04 Å². The molecule has 1 aromatic heterocycles. The maximum atomic E-state index is 5.70. The summed E-state index contributed by atoms with van der Waals surface area (Å²) in [4.78, 5) is 8.61. The Morgan fingerprint density at radius 3 is 3.19 bits per heavy atom. The lowest BCUT2D eigenvalue weighted by molar-refractivity contribution is 0.317. The van der Waals surface area contributed by atoms with Crippen molar-refractivity contribution in [1.82, 2.24) is 25.4 Å². The zero-order valence-electron chi connectivity index (χ0n) is 15.6. The average Bonchev–Trinajstić information content (AvgIpc) is 3.13. The summed E-state index contributed by atoms with van der Waals surface area (Å²) in [5.41, 5.74) is 1.26. The fraction of sp³-hybridized carbons (Fsp3) is 0.526. The van der Waals surface area contributed by atoms with Crippen LogP contribution < -0.4 is 15.4 Å². The molecule has 1 atom stereocenters. The summed E-state index contributed by atoms with van der Waals surface area (Å²) >= 11 is 0. The number of ether oxygens (including phenoxy) is 1. The van der Waals surface area contributed by atoms with Crippen molar-refractivity contribution in [2.75, 3.05) is 20.2 Å². The van der Waals surface area contributed by atoms with Crippen molar-refractivity contribution in [3.05, 3.63) is 42.0 Å². The highest BCUT2D eigenvalue weighted by Crippen LogP contribution is 2.14. The summed E-state index contributed by atoms with van der Waals surface area (Å²) in [5, 5.41) is 11.2. The van der Waals surface area contributed by atoms with E-state index in [9.17, 15) is 0 Å². The number of benzene rings is 1. The number of fused-ring (bicyclic) bond motifs is 1. The first-order valence-corrected chi connectivity index (χ1v) is 9.34. The molecule has 1 aromatic carbocycles. The number of aryl methyl sites for hydroxylation is 1. The summed E-state index contributed by atoms with van der Waals surface area (Å²) in [5.74, 6) is 2.84. The van der Waals surface area contributed by atoms with Crippen molar-refractivity contribution in [2.24, 2.45) is 4.99 Å². The Kier molecular flexibility index (Phi) is 6.46. The standard InChI is InChI=1S/C19H28N6O/c1-3-11-26-17-6-4-5-15(12-17)9-10-21-19(20-2)24-16-7-8-18-22-14-23-25(18)13-16/h4-6,12,14,16H,3,7-11,13H2,1-2H3,(H2,20,21,24). The lowest BCUT2D eigenvalue weighted by Gasteiger charge is -2.25. The van der Waals surface area contributed by atoms with Gasteiger partial charge in [0.15, 0.2) is 5.96 Å². The molecule has 2 N–H and O–H groups in total. The molecule has 1 aliphatic heterocycles. The van der Waals surface area contributed by atoms with Crippen LogP contribution in [0.1, 0.15) is 31.2 Å². The van der Waals surface area contributed by atoms with E-state index < -0.39 is 0 Å². The molecule has 7 nitrogen and oxygen atoms in total. The van der Waals surface area contributed by atoms with Gasteiger partial charge in [0.1, 0.15) is 17.9 Å². The lowest BCUT2D eigenvalue weighted by Crippen LogP contribution is -2.47. The van der Waals surface area contributed by atoms with Gasteiger partial charge in [-0.2, -0.15) is 5.10 Å². The normalized spacial score (nSPS) is 16.8. The Bertz CT molecular complexity index is 726. The smallest absolute Gasteiger partial charge is 0.191 e. The molecule has 1 unspecified atom stereocenters. The van der Waals surface area contributed by atoms with E-state index in [2.05, 4.69) is 44.8 Å². The fourth-order valence-electron chi connectivity index (χ4n) is 3.08. The minimum Gasteiger partial charge on any atom is -0.494 e.